The maximum Gasteiger partial charge on any atom is 0.416 e. The molecule has 0 aromatic heterocycles. The van der Waals surface area contributed by atoms with Crippen molar-refractivity contribution in [3.63, 3.8) is 0 Å². The van der Waals surface area contributed by atoms with E-state index in [1.807, 2.05) is 6.92 Å². The van der Waals surface area contributed by atoms with Crippen molar-refractivity contribution in [2.24, 2.45) is 0 Å². The van der Waals surface area contributed by atoms with Gasteiger partial charge in [-0.25, -0.2) is 0 Å². The fraction of sp³-hybridized carbons (Fsp3) is 0.562. The third-order valence-electron chi connectivity index (χ3n) is 4.10. The third kappa shape index (κ3) is 4.85. The van der Waals surface area contributed by atoms with Crippen LogP contribution < -0.4 is 5.32 Å². The predicted molar refractivity (Wildman–Crippen MR) is 85.8 cm³/mol. The van der Waals surface area contributed by atoms with Gasteiger partial charge in [-0.1, -0.05) is 25.1 Å². The molecule has 7 heteroatoms. The normalized spacial score (nSPS) is 19.9. The molecule has 0 radical (unpaired) electrons. The molecule has 2 rings (SSSR count). The number of amides is 1. The molecule has 1 aliphatic heterocycles. The molecule has 0 bridgehead atoms. The highest BCUT2D eigenvalue weighted by molar-refractivity contribution is 5.85. The summed E-state index contributed by atoms with van der Waals surface area (Å²) in [6, 6.07) is 5.57. The zero-order valence-electron chi connectivity index (χ0n) is 13.2. The van der Waals surface area contributed by atoms with Crippen molar-refractivity contribution in [2.75, 3.05) is 19.6 Å². The molecule has 1 unspecified atom stereocenters. The Morgan fingerprint density at radius 3 is 2.65 bits per heavy atom. The van der Waals surface area contributed by atoms with E-state index in [1.165, 1.54) is 12.1 Å². The number of carbonyl (C=O) groups is 1. The predicted octanol–water partition coefficient (Wildman–Crippen LogP) is 3.44. The summed E-state index contributed by atoms with van der Waals surface area (Å²) in [4.78, 5) is 14.1. The summed E-state index contributed by atoms with van der Waals surface area (Å²) in [7, 11) is 0. The van der Waals surface area contributed by atoms with Crippen molar-refractivity contribution in [1.29, 1.82) is 0 Å². The van der Waals surface area contributed by atoms with Crippen LogP contribution in [0.4, 0.5) is 13.2 Å². The van der Waals surface area contributed by atoms with Crippen LogP contribution >= 0.6 is 12.4 Å². The van der Waals surface area contributed by atoms with Crippen molar-refractivity contribution < 1.29 is 18.0 Å². The number of hydrogen-bond donors (Lipinski definition) is 1. The lowest BCUT2D eigenvalue weighted by Crippen LogP contribution is -2.52. The lowest BCUT2D eigenvalue weighted by atomic mass is 9.92. The van der Waals surface area contributed by atoms with E-state index in [-0.39, 0.29) is 36.3 Å². The first-order chi connectivity index (χ1) is 10.3. The number of halogens is 4. The highest BCUT2D eigenvalue weighted by Gasteiger charge is 2.35. The molecule has 1 heterocycles. The summed E-state index contributed by atoms with van der Waals surface area (Å²) in [6.07, 6.45) is -4.30. The molecule has 2 atom stereocenters. The average Bonchev–Trinajstić information content (AvgIpc) is 2.46. The molecule has 1 aromatic carbocycles. The van der Waals surface area contributed by atoms with Gasteiger partial charge in [0.2, 0.25) is 5.91 Å². The number of rotatable bonds is 3. The topological polar surface area (TPSA) is 32.3 Å². The zero-order chi connectivity index (χ0) is 16.3. The summed E-state index contributed by atoms with van der Waals surface area (Å²) in [5.74, 6) is -0.550. The molecular formula is C16H22ClF3N2O. The van der Waals surface area contributed by atoms with Gasteiger partial charge in [0.1, 0.15) is 0 Å². The Hall–Kier alpha value is -1.27. The van der Waals surface area contributed by atoms with Crippen molar-refractivity contribution in [1.82, 2.24) is 10.2 Å². The molecular weight excluding hydrogens is 329 g/mol. The van der Waals surface area contributed by atoms with Gasteiger partial charge in [-0.2, -0.15) is 13.2 Å². The summed E-state index contributed by atoms with van der Waals surface area (Å²) >= 11 is 0. The number of alkyl halides is 3. The summed E-state index contributed by atoms with van der Waals surface area (Å²) in [5, 5.41) is 3.19. The van der Waals surface area contributed by atoms with Crippen LogP contribution in [0.1, 0.15) is 37.3 Å². The molecule has 0 spiro atoms. The van der Waals surface area contributed by atoms with Gasteiger partial charge in [0, 0.05) is 32.1 Å². The van der Waals surface area contributed by atoms with Gasteiger partial charge in [-0.05, 0) is 24.5 Å². The lowest BCUT2D eigenvalue weighted by Gasteiger charge is -2.34. The van der Waals surface area contributed by atoms with Gasteiger partial charge in [-0.15, -0.1) is 12.4 Å². The number of nitrogens with one attached hydrogen (secondary N) is 1. The van der Waals surface area contributed by atoms with E-state index in [2.05, 4.69) is 5.32 Å². The van der Waals surface area contributed by atoms with Crippen LogP contribution in [0.2, 0.25) is 0 Å². The zero-order valence-corrected chi connectivity index (χ0v) is 14.0. The van der Waals surface area contributed by atoms with Gasteiger partial charge in [0.15, 0.2) is 0 Å². The second-order valence-corrected chi connectivity index (χ2v) is 5.83. The minimum Gasteiger partial charge on any atom is -0.337 e. The molecule has 1 amide bonds. The Kier molecular flexibility index (Phi) is 6.89. The molecule has 0 saturated carbocycles. The first kappa shape index (κ1) is 19.8. The number of benzene rings is 1. The quantitative estimate of drug-likeness (QED) is 0.905. The molecule has 3 nitrogen and oxygen atoms in total. The molecule has 1 aliphatic rings. The Balaban J connectivity index is 0.00000264. The van der Waals surface area contributed by atoms with E-state index in [0.29, 0.717) is 6.54 Å². The molecule has 130 valence electrons. The van der Waals surface area contributed by atoms with Crippen molar-refractivity contribution in [2.45, 2.75) is 38.4 Å². The van der Waals surface area contributed by atoms with Crippen LogP contribution in [0.25, 0.3) is 0 Å². The highest BCUT2D eigenvalue weighted by Crippen LogP contribution is 2.36. The number of piperazine rings is 1. The Labute approximate surface area is 140 Å². The molecule has 1 saturated heterocycles. The standard InChI is InChI=1S/C16H21F3N2O.ClH/c1-11(9-15(22)21-8-7-20-10-12(21)2)13-5-3-4-6-14(13)16(17,18)19;/h3-6,11-12,20H,7-10H2,1-2H3;1H/t11?,12-;/m0./s1. The largest absolute Gasteiger partial charge is 0.416 e. The molecule has 1 aromatic rings. The molecule has 0 aliphatic carbocycles. The van der Waals surface area contributed by atoms with Crippen molar-refractivity contribution >= 4 is 18.3 Å². The van der Waals surface area contributed by atoms with Crippen LogP contribution in [-0.2, 0) is 11.0 Å². The third-order valence-corrected chi connectivity index (χ3v) is 4.10. The second kappa shape index (κ2) is 8.02. The number of nitrogens with zero attached hydrogens (tertiary/aromatic N) is 1. The van der Waals surface area contributed by atoms with E-state index in [4.69, 9.17) is 0 Å². The fourth-order valence-electron chi connectivity index (χ4n) is 2.89. The van der Waals surface area contributed by atoms with Gasteiger partial charge in [-0.3, -0.25) is 4.79 Å². The van der Waals surface area contributed by atoms with Gasteiger partial charge in [0.25, 0.3) is 0 Å². The first-order valence-electron chi connectivity index (χ1n) is 7.47. The van der Waals surface area contributed by atoms with Crippen molar-refractivity contribution in [3.8, 4) is 0 Å². The monoisotopic (exact) mass is 350 g/mol. The average molecular weight is 351 g/mol. The van der Waals surface area contributed by atoms with Crippen LogP contribution in [0.15, 0.2) is 24.3 Å². The van der Waals surface area contributed by atoms with Crippen LogP contribution in [0, 0.1) is 0 Å². The van der Waals surface area contributed by atoms with E-state index in [1.54, 1.807) is 17.9 Å². The minimum absolute atomic E-state index is 0. The molecule has 1 N–H and O–H groups in total. The van der Waals surface area contributed by atoms with Crippen LogP contribution in [0.5, 0.6) is 0 Å². The molecule has 23 heavy (non-hydrogen) atoms. The van der Waals surface area contributed by atoms with Crippen LogP contribution in [-0.4, -0.2) is 36.5 Å². The van der Waals surface area contributed by atoms with E-state index in [9.17, 15) is 18.0 Å². The number of carbonyl (C=O) groups excluding carboxylic acids is 1. The van der Waals surface area contributed by atoms with Crippen molar-refractivity contribution in [3.05, 3.63) is 35.4 Å². The van der Waals surface area contributed by atoms with Gasteiger partial charge in [0.05, 0.1) is 5.56 Å². The number of hydrogen-bond acceptors (Lipinski definition) is 2. The SMILES string of the molecule is CC(CC(=O)N1CCNC[C@@H]1C)c1ccccc1C(F)(F)F.Cl. The highest BCUT2D eigenvalue weighted by atomic mass is 35.5. The first-order valence-corrected chi connectivity index (χ1v) is 7.47. The Bertz CT molecular complexity index is 536. The Morgan fingerprint density at radius 1 is 1.39 bits per heavy atom. The van der Waals surface area contributed by atoms with E-state index in [0.717, 1.165) is 19.2 Å². The van der Waals surface area contributed by atoms with Gasteiger partial charge < -0.3 is 10.2 Å². The maximum atomic E-state index is 13.1. The fourth-order valence-corrected chi connectivity index (χ4v) is 2.89. The van der Waals surface area contributed by atoms with E-state index >= 15 is 0 Å². The summed E-state index contributed by atoms with van der Waals surface area (Å²) < 4.78 is 39.2. The smallest absolute Gasteiger partial charge is 0.337 e. The van der Waals surface area contributed by atoms with Crippen LogP contribution in [0.3, 0.4) is 0 Å². The summed E-state index contributed by atoms with van der Waals surface area (Å²) in [6.45, 7) is 5.67. The summed E-state index contributed by atoms with van der Waals surface area (Å²) in [5.41, 5.74) is -0.463. The van der Waals surface area contributed by atoms with E-state index < -0.39 is 17.7 Å². The maximum absolute atomic E-state index is 13.1. The van der Waals surface area contributed by atoms with Gasteiger partial charge >= 0.3 is 6.18 Å². The Morgan fingerprint density at radius 2 is 2.04 bits per heavy atom. The second-order valence-electron chi connectivity index (χ2n) is 5.83. The molecule has 1 fully saturated rings. The lowest BCUT2D eigenvalue weighted by molar-refractivity contribution is -0.139. The minimum atomic E-state index is -4.39.